The van der Waals surface area contributed by atoms with Crippen LogP contribution in [0, 0.1) is 12.7 Å². The molecule has 0 aliphatic carbocycles. The Hall–Kier alpha value is -1.67. The summed E-state index contributed by atoms with van der Waals surface area (Å²) in [6, 6.07) is 14.6. The fourth-order valence-electron chi connectivity index (χ4n) is 2.54. The van der Waals surface area contributed by atoms with Crippen molar-refractivity contribution >= 4 is 0 Å². The molecule has 0 amide bonds. The van der Waals surface area contributed by atoms with Crippen LogP contribution in [-0.4, -0.2) is 11.7 Å². The standard InChI is InChI=1S/C17H19FO/c1-13-5-3-4-6-16(13)17(2,12-19)11-14-7-9-15(18)10-8-14/h3-10,19H,11-12H2,1-2H3. The third-order valence-corrected chi connectivity index (χ3v) is 3.65. The number of rotatable bonds is 4. The highest BCUT2D eigenvalue weighted by atomic mass is 19.1. The molecule has 0 saturated heterocycles. The van der Waals surface area contributed by atoms with Crippen LogP contribution in [0.1, 0.15) is 23.6 Å². The Labute approximate surface area is 113 Å². The van der Waals surface area contributed by atoms with Gasteiger partial charge in [-0.3, -0.25) is 0 Å². The molecule has 0 aliphatic heterocycles. The lowest BCUT2D eigenvalue weighted by Crippen LogP contribution is -2.30. The molecular weight excluding hydrogens is 239 g/mol. The van der Waals surface area contributed by atoms with Gasteiger partial charge in [0.2, 0.25) is 0 Å². The second-order valence-electron chi connectivity index (χ2n) is 5.34. The summed E-state index contributed by atoms with van der Waals surface area (Å²) in [7, 11) is 0. The number of aryl methyl sites for hydroxylation is 1. The first-order valence-electron chi connectivity index (χ1n) is 6.46. The molecule has 0 fully saturated rings. The number of hydrogen-bond donors (Lipinski definition) is 1. The first-order chi connectivity index (χ1) is 9.05. The van der Waals surface area contributed by atoms with E-state index in [4.69, 9.17) is 0 Å². The van der Waals surface area contributed by atoms with Gasteiger partial charge in [-0.1, -0.05) is 43.3 Å². The maximum atomic E-state index is 12.9. The summed E-state index contributed by atoms with van der Waals surface area (Å²) >= 11 is 0. The van der Waals surface area contributed by atoms with Gasteiger partial charge in [-0.05, 0) is 42.2 Å². The van der Waals surface area contributed by atoms with Crippen molar-refractivity contribution in [2.75, 3.05) is 6.61 Å². The lowest BCUT2D eigenvalue weighted by molar-refractivity contribution is 0.204. The van der Waals surface area contributed by atoms with Gasteiger partial charge in [0, 0.05) is 5.41 Å². The Balaban J connectivity index is 2.33. The third kappa shape index (κ3) is 3.02. The van der Waals surface area contributed by atoms with Crippen LogP contribution < -0.4 is 0 Å². The average Bonchev–Trinajstić information content (AvgIpc) is 2.42. The minimum Gasteiger partial charge on any atom is -0.395 e. The van der Waals surface area contributed by atoms with Crippen LogP contribution in [-0.2, 0) is 11.8 Å². The second-order valence-corrected chi connectivity index (χ2v) is 5.34. The third-order valence-electron chi connectivity index (χ3n) is 3.65. The summed E-state index contributed by atoms with van der Waals surface area (Å²) in [5, 5.41) is 9.80. The molecule has 0 heterocycles. The number of aliphatic hydroxyl groups excluding tert-OH is 1. The van der Waals surface area contributed by atoms with Crippen molar-refractivity contribution in [2.24, 2.45) is 0 Å². The number of aliphatic hydroxyl groups is 1. The Kier molecular flexibility index (Phi) is 4.01. The molecular formula is C17H19FO. The maximum absolute atomic E-state index is 12.9. The van der Waals surface area contributed by atoms with Gasteiger partial charge < -0.3 is 5.11 Å². The van der Waals surface area contributed by atoms with Crippen LogP contribution in [0.15, 0.2) is 48.5 Å². The molecule has 2 heteroatoms. The predicted octanol–water partition coefficient (Wildman–Crippen LogP) is 3.63. The zero-order chi connectivity index (χ0) is 13.9. The van der Waals surface area contributed by atoms with Crippen molar-refractivity contribution in [3.8, 4) is 0 Å². The largest absolute Gasteiger partial charge is 0.395 e. The van der Waals surface area contributed by atoms with E-state index in [2.05, 4.69) is 6.07 Å². The molecule has 0 aromatic heterocycles. The lowest BCUT2D eigenvalue weighted by atomic mass is 9.76. The van der Waals surface area contributed by atoms with Crippen LogP contribution in [0.25, 0.3) is 0 Å². The molecule has 0 radical (unpaired) electrons. The average molecular weight is 258 g/mol. The van der Waals surface area contributed by atoms with Gasteiger partial charge >= 0.3 is 0 Å². The second kappa shape index (κ2) is 5.54. The van der Waals surface area contributed by atoms with Gasteiger partial charge in [0.05, 0.1) is 6.61 Å². The Morgan fingerprint density at radius 2 is 1.68 bits per heavy atom. The summed E-state index contributed by atoms with van der Waals surface area (Å²) in [6.45, 7) is 4.15. The van der Waals surface area contributed by atoms with E-state index < -0.39 is 0 Å². The van der Waals surface area contributed by atoms with Crippen LogP contribution in [0.5, 0.6) is 0 Å². The van der Waals surface area contributed by atoms with Crippen molar-refractivity contribution in [1.29, 1.82) is 0 Å². The van der Waals surface area contributed by atoms with Gasteiger partial charge in [0.25, 0.3) is 0 Å². The quantitative estimate of drug-likeness (QED) is 0.888. The van der Waals surface area contributed by atoms with E-state index in [1.165, 1.54) is 17.7 Å². The maximum Gasteiger partial charge on any atom is 0.123 e. The molecule has 2 rings (SSSR count). The summed E-state index contributed by atoms with van der Waals surface area (Å²) in [4.78, 5) is 0. The predicted molar refractivity (Wildman–Crippen MR) is 75.7 cm³/mol. The van der Waals surface area contributed by atoms with Gasteiger partial charge in [-0.2, -0.15) is 0 Å². The van der Waals surface area contributed by atoms with E-state index in [9.17, 15) is 9.50 Å². The van der Waals surface area contributed by atoms with Crippen LogP contribution >= 0.6 is 0 Å². The zero-order valence-electron chi connectivity index (χ0n) is 11.4. The van der Waals surface area contributed by atoms with Crippen LogP contribution in [0.3, 0.4) is 0 Å². The summed E-state index contributed by atoms with van der Waals surface area (Å²) in [5.41, 5.74) is 2.99. The molecule has 0 spiro atoms. The molecule has 1 unspecified atom stereocenters. The van der Waals surface area contributed by atoms with Gasteiger partial charge in [0.1, 0.15) is 5.82 Å². The molecule has 2 aromatic rings. The molecule has 1 nitrogen and oxygen atoms in total. The van der Waals surface area contributed by atoms with Crippen molar-refractivity contribution in [3.63, 3.8) is 0 Å². The highest BCUT2D eigenvalue weighted by molar-refractivity contribution is 5.35. The minimum atomic E-state index is -0.344. The summed E-state index contributed by atoms with van der Waals surface area (Å²) in [6.07, 6.45) is 0.689. The molecule has 1 N–H and O–H groups in total. The van der Waals surface area contributed by atoms with Crippen molar-refractivity contribution in [2.45, 2.75) is 25.7 Å². The van der Waals surface area contributed by atoms with E-state index in [1.807, 2.05) is 32.0 Å². The molecule has 0 aliphatic rings. The molecule has 100 valence electrons. The number of benzene rings is 2. The summed E-state index contributed by atoms with van der Waals surface area (Å²) in [5.74, 6) is -0.231. The number of hydrogen-bond acceptors (Lipinski definition) is 1. The monoisotopic (exact) mass is 258 g/mol. The smallest absolute Gasteiger partial charge is 0.123 e. The van der Waals surface area contributed by atoms with E-state index >= 15 is 0 Å². The molecule has 1 atom stereocenters. The molecule has 0 bridgehead atoms. The van der Waals surface area contributed by atoms with Gasteiger partial charge in [0.15, 0.2) is 0 Å². The van der Waals surface area contributed by atoms with E-state index in [1.54, 1.807) is 12.1 Å². The fourth-order valence-corrected chi connectivity index (χ4v) is 2.54. The molecule has 19 heavy (non-hydrogen) atoms. The van der Waals surface area contributed by atoms with E-state index in [0.29, 0.717) is 6.42 Å². The molecule has 2 aromatic carbocycles. The van der Waals surface area contributed by atoms with E-state index in [0.717, 1.165) is 11.1 Å². The normalized spacial score (nSPS) is 14.1. The highest BCUT2D eigenvalue weighted by Gasteiger charge is 2.27. The molecule has 0 saturated carbocycles. The van der Waals surface area contributed by atoms with Crippen LogP contribution in [0.2, 0.25) is 0 Å². The Bertz CT molecular complexity index is 547. The first kappa shape index (κ1) is 13.8. The van der Waals surface area contributed by atoms with Crippen molar-refractivity contribution in [1.82, 2.24) is 0 Å². The van der Waals surface area contributed by atoms with Crippen molar-refractivity contribution in [3.05, 3.63) is 71.0 Å². The minimum absolute atomic E-state index is 0.0647. The van der Waals surface area contributed by atoms with Crippen molar-refractivity contribution < 1.29 is 9.50 Å². The van der Waals surface area contributed by atoms with Crippen LogP contribution in [0.4, 0.5) is 4.39 Å². The Morgan fingerprint density at radius 3 is 2.26 bits per heavy atom. The zero-order valence-corrected chi connectivity index (χ0v) is 11.4. The SMILES string of the molecule is Cc1ccccc1C(C)(CO)Cc1ccc(F)cc1. The summed E-state index contributed by atoms with van der Waals surface area (Å²) < 4.78 is 12.9. The van der Waals surface area contributed by atoms with E-state index in [-0.39, 0.29) is 17.8 Å². The number of halogens is 1. The highest BCUT2D eigenvalue weighted by Crippen LogP contribution is 2.30. The topological polar surface area (TPSA) is 20.2 Å². The van der Waals surface area contributed by atoms with Gasteiger partial charge in [-0.25, -0.2) is 4.39 Å². The van der Waals surface area contributed by atoms with Gasteiger partial charge in [-0.15, -0.1) is 0 Å². The fraction of sp³-hybridized carbons (Fsp3) is 0.294. The lowest BCUT2D eigenvalue weighted by Gasteiger charge is -2.29. The first-order valence-corrected chi connectivity index (χ1v) is 6.46. The Morgan fingerprint density at radius 1 is 1.05 bits per heavy atom.